The Bertz CT molecular complexity index is 373. The molecule has 1 heterocycles. The summed E-state index contributed by atoms with van der Waals surface area (Å²) in [6, 6.07) is 8.93. The van der Waals surface area contributed by atoms with Crippen LogP contribution in [0.25, 0.3) is 11.0 Å². The third-order valence-electron chi connectivity index (χ3n) is 1.83. The monoisotopic (exact) mass is 182 g/mol. The van der Waals surface area contributed by atoms with Crippen LogP contribution in [0.2, 0.25) is 0 Å². The van der Waals surface area contributed by atoms with Crippen LogP contribution in [0, 0.1) is 0 Å². The second-order valence-corrected chi connectivity index (χ2v) is 2.85. The van der Waals surface area contributed by atoms with Crippen LogP contribution >= 0.6 is 0 Å². The molecule has 0 N–H and O–H groups in total. The van der Waals surface area contributed by atoms with Gasteiger partial charge >= 0.3 is 0 Å². The van der Waals surface area contributed by atoms with Crippen LogP contribution < -0.4 is 0 Å². The van der Waals surface area contributed by atoms with Crippen LogP contribution in [-0.2, 0) is 6.42 Å². The number of rotatable bonds is 2. The summed E-state index contributed by atoms with van der Waals surface area (Å²) in [4.78, 5) is 0. The summed E-state index contributed by atoms with van der Waals surface area (Å²) in [5.74, 6) is 0.344. The van der Waals surface area contributed by atoms with E-state index in [2.05, 4.69) is 0 Å². The van der Waals surface area contributed by atoms with E-state index in [9.17, 15) is 8.78 Å². The number of hydrogen-bond acceptors (Lipinski definition) is 1. The Balaban J connectivity index is 2.38. The van der Waals surface area contributed by atoms with Crippen LogP contribution in [0.4, 0.5) is 8.78 Å². The van der Waals surface area contributed by atoms with Gasteiger partial charge in [-0.25, -0.2) is 8.78 Å². The lowest BCUT2D eigenvalue weighted by Gasteiger charge is -1.91. The fourth-order valence-corrected chi connectivity index (χ4v) is 1.29. The first-order chi connectivity index (χ1) is 6.25. The van der Waals surface area contributed by atoms with Crippen molar-refractivity contribution in [3.05, 3.63) is 36.1 Å². The van der Waals surface area contributed by atoms with Gasteiger partial charge in [-0.15, -0.1) is 0 Å². The summed E-state index contributed by atoms with van der Waals surface area (Å²) in [6.07, 6.45) is -2.66. The summed E-state index contributed by atoms with van der Waals surface area (Å²) >= 11 is 0. The maximum absolute atomic E-state index is 12.0. The SMILES string of the molecule is FC(F)Cc1cc2ccccc2o1. The summed E-state index contributed by atoms with van der Waals surface area (Å²) in [5, 5.41) is 0.873. The van der Waals surface area contributed by atoms with Crippen LogP contribution in [0.3, 0.4) is 0 Å². The summed E-state index contributed by atoms with van der Waals surface area (Å²) in [6.45, 7) is 0. The van der Waals surface area contributed by atoms with Crippen molar-refractivity contribution in [2.45, 2.75) is 12.8 Å². The van der Waals surface area contributed by atoms with E-state index >= 15 is 0 Å². The van der Waals surface area contributed by atoms with Gasteiger partial charge in [0.15, 0.2) is 0 Å². The van der Waals surface area contributed by atoms with Gasteiger partial charge in [-0.05, 0) is 12.1 Å². The Morgan fingerprint density at radius 2 is 2.00 bits per heavy atom. The van der Waals surface area contributed by atoms with E-state index < -0.39 is 6.43 Å². The molecule has 0 spiro atoms. The first kappa shape index (κ1) is 8.23. The molecule has 0 aliphatic carbocycles. The van der Waals surface area contributed by atoms with Gasteiger partial charge < -0.3 is 4.42 Å². The molecule has 1 aromatic heterocycles. The minimum Gasteiger partial charge on any atom is -0.461 e. The van der Waals surface area contributed by atoms with Gasteiger partial charge in [-0.3, -0.25) is 0 Å². The largest absolute Gasteiger partial charge is 0.461 e. The van der Waals surface area contributed by atoms with E-state index in [1.54, 1.807) is 12.1 Å². The van der Waals surface area contributed by atoms with Crippen molar-refractivity contribution in [3.8, 4) is 0 Å². The highest BCUT2D eigenvalue weighted by molar-refractivity contribution is 5.77. The van der Waals surface area contributed by atoms with E-state index in [1.165, 1.54) is 0 Å². The second kappa shape index (κ2) is 3.17. The molecule has 0 bridgehead atoms. The topological polar surface area (TPSA) is 13.1 Å². The molecule has 0 saturated carbocycles. The third-order valence-corrected chi connectivity index (χ3v) is 1.83. The van der Waals surface area contributed by atoms with E-state index in [0.29, 0.717) is 11.3 Å². The highest BCUT2D eigenvalue weighted by atomic mass is 19.3. The standard InChI is InChI=1S/C10H8F2O/c11-10(12)6-8-5-7-3-1-2-4-9(7)13-8/h1-5,10H,6H2. The van der Waals surface area contributed by atoms with Gasteiger partial charge in [-0.1, -0.05) is 18.2 Å². The third kappa shape index (κ3) is 1.69. The molecule has 0 unspecified atom stereocenters. The van der Waals surface area contributed by atoms with Gasteiger partial charge in [0, 0.05) is 5.39 Å². The number of alkyl halides is 2. The predicted molar refractivity (Wildman–Crippen MR) is 45.9 cm³/mol. The highest BCUT2D eigenvalue weighted by Gasteiger charge is 2.09. The fourth-order valence-electron chi connectivity index (χ4n) is 1.29. The van der Waals surface area contributed by atoms with Gasteiger partial charge in [0.1, 0.15) is 11.3 Å². The fraction of sp³-hybridized carbons (Fsp3) is 0.200. The van der Waals surface area contributed by atoms with Crippen molar-refractivity contribution in [1.82, 2.24) is 0 Å². The summed E-state index contributed by atoms with van der Waals surface area (Å²) in [7, 11) is 0. The Hall–Kier alpha value is -1.38. The minimum atomic E-state index is -2.35. The van der Waals surface area contributed by atoms with Crippen LogP contribution in [0.15, 0.2) is 34.7 Å². The molecule has 13 heavy (non-hydrogen) atoms. The Labute approximate surface area is 74.0 Å². The molecule has 2 aromatic rings. The molecule has 0 aliphatic heterocycles. The highest BCUT2D eigenvalue weighted by Crippen LogP contribution is 2.20. The smallest absolute Gasteiger partial charge is 0.245 e. The number of fused-ring (bicyclic) bond motifs is 1. The van der Waals surface area contributed by atoms with Crippen LogP contribution in [-0.4, -0.2) is 6.43 Å². The van der Waals surface area contributed by atoms with Crippen molar-refractivity contribution in [2.75, 3.05) is 0 Å². The molecule has 1 nitrogen and oxygen atoms in total. The van der Waals surface area contributed by atoms with E-state index in [1.807, 2.05) is 18.2 Å². The quantitative estimate of drug-likeness (QED) is 0.694. The normalized spacial score (nSPS) is 11.3. The minimum absolute atomic E-state index is 0.311. The Morgan fingerprint density at radius 3 is 2.69 bits per heavy atom. The predicted octanol–water partition coefficient (Wildman–Crippen LogP) is 3.24. The molecule has 1 aromatic carbocycles. The zero-order valence-corrected chi connectivity index (χ0v) is 6.84. The molecule has 0 saturated heterocycles. The van der Waals surface area contributed by atoms with Gasteiger partial charge in [0.25, 0.3) is 0 Å². The second-order valence-electron chi connectivity index (χ2n) is 2.85. The zero-order valence-electron chi connectivity index (χ0n) is 6.84. The molecular formula is C10H8F2O. The lowest BCUT2D eigenvalue weighted by atomic mass is 10.2. The van der Waals surface area contributed by atoms with E-state index in [-0.39, 0.29) is 6.42 Å². The first-order valence-electron chi connectivity index (χ1n) is 4.01. The Morgan fingerprint density at radius 1 is 1.23 bits per heavy atom. The Kier molecular flexibility index (Phi) is 2.00. The molecule has 68 valence electrons. The molecule has 2 rings (SSSR count). The average Bonchev–Trinajstić information content (AvgIpc) is 2.44. The summed E-state index contributed by atoms with van der Waals surface area (Å²) in [5.41, 5.74) is 0.665. The number of halogens is 2. The molecular weight excluding hydrogens is 174 g/mol. The number of benzene rings is 1. The maximum atomic E-state index is 12.0. The van der Waals surface area contributed by atoms with Crippen molar-refractivity contribution < 1.29 is 13.2 Å². The van der Waals surface area contributed by atoms with Crippen molar-refractivity contribution >= 4 is 11.0 Å². The number of hydrogen-bond donors (Lipinski definition) is 0. The molecule has 3 heteroatoms. The number of para-hydroxylation sites is 1. The van der Waals surface area contributed by atoms with Gasteiger partial charge in [-0.2, -0.15) is 0 Å². The lowest BCUT2D eigenvalue weighted by molar-refractivity contribution is 0.142. The molecule has 0 radical (unpaired) electrons. The first-order valence-corrected chi connectivity index (χ1v) is 4.01. The van der Waals surface area contributed by atoms with Crippen molar-refractivity contribution in [1.29, 1.82) is 0 Å². The van der Waals surface area contributed by atoms with Crippen LogP contribution in [0.1, 0.15) is 5.76 Å². The van der Waals surface area contributed by atoms with Gasteiger partial charge in [0.05, 0.1) is 6.42 Å². The van der Waals surface area contributed by atoms with Crippen molar-refractivity contribution in [3.63, 3.8) is 0 Å². The van der Waals surface area contributed by atoms with E-state index in [0.717, 1.165) is 5.39 Å². The zero-order chi connectivity index (χ0) is 9.26. The molecule has 0 fully saturated rings. The molecule has 0 aliphatic rings. The lowest BCUT2D eigenvalue weighted by Crippen LogP contribution is -1.93. The van der Waals surface area contributed by atoms with Crippen molar-refractivity contribution in [2.24, 2.45) is 0 Å². The van der Waals surface area contributed by atoms with E-state index in [4.69, 9.17) is 4.42 Å². The molecule has 0 amide bonds. The molecule has 0 atom stereocenters. The number of furan rings is 1. The maximum Gasteiger partial charge on any atom is 0.245 e. The summed E-state index contributed by atoms with van der Waals surface area (Å²) < 4.78 is 29.2. The van der Waals surface area contributed by atoms with Crippen LogP contribution in [0.5, 0.6) is 0 Å². The average molecular weight is 182 g/mol. The van der Waals surface area contributed by atoms with Gasteiger partial charge in [0.2, 0.25) is 6.43 Å².